The third-order valence-electron chi connectivity index (χ3n) is 3.26. The van der Waals surface area contributed by atoms with E-state index in [4.69, 9.17) is 0 Å². The molecular weight excluding hydrogens is 184 g/mol. The van der Waals surface area contributed by atoms with Crippen molar-refractivity contribution in [3.05, 3.63) is 29.3 Å². The summed E-state index contributed by atoms with van der Waals surface area (Å²) in [4.78, 5) is 0. The fourth-order valence-electron chi connectivity index (χ4n) is 1.68. The summed E-state index contributed by atoms with van der Waals surface area (Å²) in [6.45, 7) is 8.83. The Morgan fingerprint density at radius 1 is 1.20 bits per heavy atom. The molecule has 0 fully saturated rings. The van der Waals surface area contributed by atoms with Crippen LogP contribution in [-0.4, -0.2) is 5.11 Å². The van der Waals surface area contributed by atoms with E-state index in [1.54, 1.807) is 0 Å². The molecule has 0 heterocycles. The van der Waals surface area contributed by atoms with Gasteiger partial charge in [0.25, 0.3) is 0 Å². The predicted octanol–water partition coefficient (Wildman–Crippen LogP) is 4.03. The Hall–Kier alpha value is -0.980. The lowest BCUT2D eigenvalue weighted by atomic mass is 9.81. The lowest BCUT2D eigenvalue weighted by Crippen LogP contribution is -2.15. The zero-order chi connectivity index (χ0) is 11.5. The molecule has 0 aliphatic rings. The standard InChI is InChI=1S/C14H22O/c1-5-7-11-10-12(8-9-13(11)15)14(3,4)6-2/h8-10,15H,5-7H2,1-4H3. The van der Waals surface area contributed by atoms with E-state index in [1.807, 2.05) is 12.1 Å². The molecule has 1 N–H and O–H groups in total. The van der Waals surface area contributed by atoms with Crippen molar-refractivity contribution in [2.24, 2.45) is 0 Å². The number of aryl methyl sites for hydroxylation is 1. The number of phenolic OH excluding ortho intramolecular Hbond substituents is 1. The monoisotopic (exact) mass is 206 g/mol. The van der Waals surface area contributed by atoms with Gasteiger partial charge in [-0.3, -0.25) is 0 Å². The molecule has 0 radical (unpaired) electrons. The van der Waals surface area contributed by atoms with Crippen LogP contribution in [0.4, 0.5) is 0 Å². The van der Waals surface area contributed by atoms with Crippen LogP contribution in [0, 0.1) is 0 Å². The van der Waals surface area contributed by atoms with E-state index in [1.165, 1.54) is 5.56 Å². The first-order valence-electron chi connectivity index (χ1n) is 5.83. The Morgan fingerprint density at radius 2 is 1.87 bits per heavy atom. The molecule has 1 nitrogen and oxygen atoms in total. The molecule has 0 atom stereocenters. The van der Waals surface area contributed by atoms with Crippen molar-refractivity contribution in [1.29, 1.82) is 0 Å². The van der Waals surface area contributed by atoms with E-state index < -0.39 is 0 Å². The molecule has 15 heavy (non-hydrogen) atoms. The lowest BCUT2D eigenvalue weighted by Gasteiger charge is -2.24. The number of rotatable bonds is 4. The molecule has 1 aromatic rings. The van der Waals surface area contributed by atoms with Gasteiger partial charge in [0.1, 0.15) is 5.75 Å². The second-order valence-electron chi connectivity index (χ2n) is 4.83. The van der Waals surface area contributed by atoms with Gasteiger partial charge in [-0.15, -0.1) is 0 Å². The lowest BCUT2D eigenvalue weighted by molar-refractivity contribution is 0.463. The van der Waals surface area contributed by atoms with E-state index in [9.17, 15) is 5.11 Å². The zero-order valence-electron chi connectivity index (χ0n) is 10.3. The van der Waals surface area contributed by atoms with Crippen molar-refractivity contribution >= 4 is 0 Å². The van der Waals surface area contributed by atoms with E-state index in [2.05, 4.69) is 33.8 Å². The number of phenols is 1. The minimum Gasteiger partial charge on any atom is -0.508 e. The molecule has 1 rings (SSSR count). The van der Waals surface area contributed by atoms with Gasteiger partial charge < -0.3 is 5.11 Å². The number of benzene rings is 1. The summed E-state index contributed by atoms with van der Waals surface area (Å²) in [5, 5.41) is 9.70. The van der Waals surface area contributed by atoms with Gasteiger partial charge in [-0.05, 0) is 35.4 Å². The van der Waals surface area contributed by atoms with Crippen molar-refractivity contribution in [3.63, 3.8) is 0 Å². The fraction of sp³-hybridized carbons (Fsp3) is 0.571. The molecule has 1 heteroatoms. The first-order valence-corrected chi connectivity index (χ1v) is 5.83. The van der Waals surface area contributed by atoms with Gasteiger partial charge in [0, 0.05) is 0 Å². The summed E-state index contributed by atoms with van der Waals surface area (Å²) in [5.74, 6) is 0.438. The van der Waals surface area contributed by atoms with Gasteiger partial charge >= 0.3 is 0 Å². The summed E-state index contributed by atoms with van der Waals surface area (Å²) in [5.41, 5.74) is 2.61. The number of aromatic hydroxyl groups is 1. The molecule has 0 aromatic heterocycles. The van der Waals surface area contributed by atoms with Crippen molar-refractivity contribution in [2.45, 2.75) is 52.4 Å². The van der Waals surface area contributed by atoms with E-state index in [-0.39, 0.29) is 5.41 Å². The van der Waals surface area contributed by atoms with Crippen LogP contribution < -0.4 is 0 Å². The Labute approximate surface area is 93.1 Å². The van der Waals surface area contributed by atoms with Gasteiger partial charge in [-0.25, -0.2) is 0 Å². The Kier molecular flexibility index (Phi) is 3.78. The van der Waals surface area contributed by atoms with Crippen molar-refractivity contribution in [3.8, 4) is 5.75 Å². The molecule has 0 amide bonds. The smallest absolute Gasteiger partial charge is 0.118 e. The first-order chi connectivity index (χ1) is 7.01. The molecule has 84 valence electrons. The predicted molar refractivity (Wildman–Crippen MR) is 65.4 cm³/mol. The Morgan fingerprint density at radius 3 is 2.40 bits per heavy atom. The van der Waals surface area contributed by atoms with Gasteiger partial charge in [0.15, 0.2) is 0 Å². The summed E-state index contributed by atoms with van der Waals surface area (Å²) in [7, 11) is 0. The first kappa shape index (κ1) is 12.1. The van der Waals surface area contributed by atoms with Gasteiger partial charge in [0.2, 0.25) is 0 Å². The SMILES string of the molecule is CCCc1cc(C(C)(C)CC)ccc1O. The third kappa shape index (κ3) is 2.74. The summed E-state index contributed by atoms with van der Waals surface area (Å²) >= 11 is 0. The molecular formula is C14H22O. The molecule has 0 unspecified atom stereocenters. The van der Waals surface area contributed by atoms with Crippen molar-refractivity contribution in [1.82, 2.24) is 0 Å². The molecule has 0 aliphatic carbocycles. The highest BCUT2D eigenvalue weighted by Crippen LogP contribution is 2.30. The average molecular weight is 206 g/mol. The highest BCUT2D eigenvalue weighted by molar-refractivity contribution is 5.39. The summed E-state index contributed by atoms with van der Waals surface area (Å²) in [6, 6.07) is 6.03. The van der Waals surface area contributed by atoms with Crippen LogP contribution >= 0.6 is 0 Å². The van der Waals surface area contributed by atoms with Crippen molar-refractivity contribution in [2.75, 3.05) is 0 Å². The largest absolute Gasteiger partial charge is 0.508 e. The van der Waals surface area contributed by atoms with E-state index in [0.717, 1.165) is 24.8 Å². The maximum atomic E-state index is 9.70. The second-order valence-corrected chi connectivity index (χ2v) is 4.83. The van der Waals surface area contributed by atoms with Crippen LogP contribution in [0.1, 0.15) is 51.7 Å². The normalized spacial score (nSPS) is 11.7. The highest BCUT2D eigenvalue weighted by Gasteiger charge is 2.18. The molecule has 0 saturated carbocycles. The van der Waals surface area contributed by atoms with Crippen LogP contribution in [-0.2, 0) is 11.8 Å². The Balaban J connectivity index is 3.07. The van der Waals surface area contributed by atoms with Crippen molar-refractivity contribution < 1.29 is 5.11 Å². The van der Waals surface area contributed by atoms with Crippen LogP contribution in [0.2, 0.25) is 0 Å². The zero-order valence-corrected chi connectivity index (χ0v) is 10.3. The molecule has 0 saturated heterocycles. The maximum Gasteiger partial charge on any atom is 0.118 e. The van der Waals surface area contributed by atoms with E-state index >= 15 is 0 Å². The highest BCUT2D eigenvalue weighted by atomic mass is 16.3. The minimum absolute atomic E-state index is 0.205. The summed E-state index contributed by atoms with van der Waals surface area (Å²) in [6.07, 6.45) is 3.15. The average Bonchev–Trinajstić information content (AvgIpc) is 2.21. The van der Waals surface area contributed by atoms with Crippen LogP contribution in [0.25, 0.3) is 0 Å². The fourth-order valence-corrected chi connectivity index (χ4v) is 1.68. The third-order valence-corrected chi connectivity index (χ3v) is 3.26. The molecule has 1 aromatic carbocycles. The van der Waals surface area contributed by atoms with Gasteiger partial charge in [0.05, 0.1) is 0 Å². The Bertz CT molecular complexity index is 326. The number of hydrogen-bond acceptors (Lipinski definition) is 1. The molecule has 0 bridgehead atoms. The van der Waals surface area contributed by atoms with Crippen LogP contribution in [0.5, 0.6) is 5.75 Å². The van der Waals surface area contributed by atoms with Crippen LogP contribution in [0.3, 0.4) is 0 Å². The number of hydrogen-bond donors (Lipinski definition) is 1. The quantitative estimate of drug-likeness (QED) is 0.788. The minimum atomic E-state index is 0.205. The van der Waals surface area contributed by atoms with Gasteiger partial charge in [-0.1, -0.05) is 46.2 Å². The molecule has 0 aliphatic heterocycles. The summed E-state index contributed by atoms with van der Waals surface area (Å²) < 4.78 is 0. The van der Waals surface area contributed by atoms with E-state index in [0.29, 0.717) is 5.75 Å². The second kappa shape index (κ2) is 4.69. The van der Waals surface area contributed by atoms with Gasteiger partial charge in [-0.2, -0.15) is 0 Å². The van der Waals surface area contributed by atoms with Crippen LogP contribution in [0.15, 0.2) is 18.2 Å². The molecule has 0 spiro atoms. The topological polar surface area (TPSA) is 20.2 Å². The maximum absolute atomic E-state index is 9.70.